The number of methoxy groups -OCH3 is 1. The molecular formula is C19H22FN3O3. The summed E-state index contributed by atoms with van der Waals surface area (Å²) in [7, 11) is 1.44. The van der Waals surface area contributed by atoms with E-state index in [-0.39, 0.29) is 12.5 Å². The average molecular weight is 359 g/mol. The highest BCUT2D eigenvalue weighted by Gasteiger charge is 2.13. The van der Waals surface area contributed by atoms with Crippen molar-refractivity contribution in [3.63, 3.8) is 0 Å². The lowest BCUT2D eigenvalue weighted by atomic mass is 10.2. The SMILES string of the molecule is CCNC(=NCc1ccc(OC)c(F)c1)NCc1ccc2c(c1)OCO2. The Morgan fingerprint density at radius 2 is 1.92 bits per heavy atom. The van der Waals surface area contributed by atoms with Gasteiger partial charge in [0.2, 0.25) is 6.79 Å². The molecule has 1 aliphatic heterocycles. The standard InChI is InChI=1S/C19H22FN3O3/c1-3-21-19(22-10-13-4-6-16(24-2)15(20)8-13)23-11-14-5-7-17-18(9-14)26-12-25-17/h4-9H,3,10-12H2,1-2H3,(H2,21,22,23). The normalized spacial score (nSPS) is 12.8. The van der Waals surface area contributed by atoms with Gasteiger partial charge in [-0.3, -0.25) is 0 Å². The van der Waals surface area contributed by atoms with Gasteiger partial charge in [-0.25, -0.2) is 9.38 Å². The van der Waals surface area contributed by atoms with Crippen LogP contribution >= 0.6 is 0 Å². The quantitative estimate of drug-likeness (QED) is 0.613. The summed E-state index contributed by atoms with van der Waals surface area (Å²) in [4.78, 5) is 4.50. The number of guanidine groups is 1. The first-order chi connectivity index (χ1) is 12.7. The van der Waals surface area contributed by atoms with Gasteiger partial charge in [-0.15, -0.1) is 0 Å². The number of nitrogens with zero attached hydrogens (tertiary/aromatic N) is 1. The zero-order valence-electron chi connectivity index (χ0n) is 14.8. The van der Waals surface area contributed by atoms with Crippen LogP contribution in [0.3, 0.4) is 0 Å². The molecule has 0 fully saturated rings. The minimum Gasteiger partial charge on any atom is -0.494 e. The number of ether oxygens (including phenoxy) is 3. The number of hydrogen-bond donors (Lipinski definition) is 2. The van der Waals surface area contributed by atoms with Gasteiger partial charge in [-0.05, 0) is 42.3 Å². The van der Waals surface area contributed by atoms with Crippen LogP contribution in [-0.4, -0.2) is 26.4 Å². The van der Waals surface area contributed by atoms with E-state index in [1.807, 2.05) is 25.1 Å². The van der Waals surface area contributed by atoms with Crippen molar-refractivity contribution >= 4 is 5.96 Å². The lowest BCUT2D eigenvalue weighted by Crippen LogP contribution is -2.36. The molecule has 7 heteroatoms. The summed E-state index contributed by atoms with van der Waals surface area (Å²) in [5, 5.41) is 6.44. The van der Waals surface area contributed by atoms with Gasteiger partial charge in [0.25, 0.3) is 0 Å². The molecule has 0 saturated heterocycles. The van der Waals surface area contributed by atoms with Crippen LogP contribution in [0.2, 0.25) is 0 Å². The van der Waals surface area contributed by atoms with Crippen LogP contribution in [0.1, 0.15) is 18.1 Å². The lowest BCUT2D eigenvalue weighted by molar-refractivity contribution is 0.174. The molecule has 26 heavy (non-hydrogen) atoms. The van der Waals surface area contributed by atoms with Crippen molar-refractivity contribution < 1.29 is 18.6 Å². The summed E-state index contributed by atoms with van der Waals surface area (Å²) in [5.41, 5.74) is 1.82. The summed E-state index contributed by atoms with van der Waals surface area (Å²) in [6.45, 7) is 3.92. The van der Waals surface area contributed by atoms with Gasteiger partial charge in [0.05, 0.1) is 13.7 Å². The molecule has 1 aliphatic rings. The fourth-order valence-electron chi connectivity index (χ4n) is 2.56. The average Bonchev–Trinajstić information content (AvgIpc) is 3.12. The van der Waals surface area contributed by atoms with E-state index in [1.165, 1.54) is 13.2 Å². The largest absolute Gasteiger partial charge is 0.494 e. The minimum atomic E-state index is -0.390. The summed E-state index contributed by atoms with van der Waals surface area (Å²) in [6, 6.07) is 10.6. The van der Waals surface area contributed by atoms with E-state index >= 15 is 0 Å². The maximum absolute atomic E-state index is 13.8. The predicted octanol–water partition coefficient (Wildman–Crippen LogP) is 2.82. The number of fused-ring (bicyclic) bond motifs is 1. The third-order valence-electron chi connectivity index (χ3n) is 3.88. The fourth-order valence-corrected chi connectivity index (χ4v) is 2.56. The van der Waals surface area contributed by atoms with E-state index in [1.54, 1.807) is 12.1 Å². The summed E-state index contributed by atoms with van der Waals surface area (Å²) in [5.74, 6) is 2.00. The Morgan fingerprint density at radius 3 is 2.69 bits per heavy atom. The molecule has 138 valence electrons. The third-order valence-corrected chi connectivity index (χ3v) is 3.88. The van der Waals surface area contributed by atoms with Crippen LogP contribution in [0.4, 0.5) is 4.39 Å². The molecule has 0 amide bonds. The number of halogens is 1. The number of rotatable bonds is 6. The van der Waals surface area contributed by atoms with E-state index in [4.69, 9.17) is 14.2 Å². The molecule has 6 nitrogen and oxygen atoms in total. The van der Waals surface area contributed by atoms with Crippen molar-refractivity contribution in [1.82, 2.24) is 10.6 Å². The molecule has 1 heterocycles. The van der Waals surface area contributed by atoms with Crippen molar-refractivity contribution in [1.29, 1.82) is 0 Å². The Labute approximate surface area is 152 Å². The highest BCUT2D eigenvalue weighted by molar-refractivity contribution is 5.79. The monoisotopic (exact) mass is 359 g/mol. The molecule has 3 rings (SSSR count). The Hall–Kier alpha value is -2.96. The molecular weight excluding hydrogens is 337 g/mol. The van der Waals surface area contributed by atoms with Crippen LogP contribution in [0.25, 0.3) is 0 Å². The highest BCUT2D eigenvalue weighted by atomic mass is 19.1. The predicted molar refractivity (Wildman–Crippen MR) is 97.2 cm³/mol. The molecule has 2 aromatic carbocycles. The van der Waals surface area contributed by atoms with Crippen molar-refractivity contribution in [2.75, 3.05) is 20.4 Å². The second kappa shape index (κ2) is 8.42. The maximum atomic E-state index is 13.8. The van der Waals surface area contributed by atoms with E-state index in [0.29, 0.717) is 19.0 Å². The number of nitrogens with one attached hydrogen (secondary N) is 2. The smallest absolute Gasteiger partial charge is 0.231 e. The van der Waals surface area contributed by atoms with Gasteiger partial charge in [-0.2, -0.15) is 0 Å². The number of aliphatic imine (C=N–C) groups is 1. The van der Waals surface area contributed by atoms with Crippen LogP contribution in [-0.2, 0) is 13.1 Å². The van der Waals surface area contributed by atoms with Crippen LogP contribution < -0.4 is 24.8 Å². The van der Waals surface area contributed by atoms with Gasteiger partial charge >= 0.3 is 0 Å². The first-order valence-corrected chi connectivity index (χ1v) is 8.42. The molecule has 0 unspecified atom stereocenters. The number of benzene rings is 2. The topological polar surface area (TPSA) is 64.1 Å². The first-order valence-electron chi connectivity index (χ1n) is 8.42. The van der Waals surface area contributed by atoms with Crippen molar-refractivity contribution in [3.8, 4) is 17.2 Å². The van der Waals surface area contributed by atoms with Crippen molar-refractivity contribution in [2.45, 2.75) is 20.0 Å². The second-order valence-corrected chi connectivity index (χ2v) is 5.71. The van der Waals surface area contributed by atoms with E-state index in [0.717, 1.165) is 29.2 Å². The third kappa shape index (κ3) is 4.36. The Kier molecular flexibility index (Phi) is 5.78. The Morgan fingerprint density at radius 1 is 1.12 bits per heavy atom. The molecule has 0 bridgehead atoms. The Balaban J connectivity index is 1.62. The zero-order valence-corrected chi connectivity index (χ0v) is 14.8. The molecule has 0 saturated carbocycles. The molecule has 0 aromatic heterocycles. The zero-order chi connectivity index (χ0) is 18.4. The fraction of sp³-hybridized carbons (Fsp3) is 0.316. The van der Waals surface area contributed by atoms with Crippen LogP contribution in [0.15, 0.2) is 41.4 Å². The summed E-state index contributed by atoms with van der Waals surface area (Å²) >= 11 is 0. The van der Waals surface area contributed by atoms with Crippen LogP contribution in [0.5, 0.6) is 17.2 Å². The first kappa shape index (κ1) is 17.8. The summed E-state index contributed by atoms with van der Waals surface area (Å²) in [6.07, 6.45) is 0. The molecule has 2 aromatic rings. The van der Waals surface area contributed by atoms with Crippen LogP contribution in [0, 0.1) is 5.82 Å². The van der Waals surface area contributed by atoms with E-state index in [2.05, 4.69) is 15.6 Å². The maximum Gasteiger partial charge on any atom is 0.231 e. The van der Waals surface area contributed by atoms with Gasteiger partial charge in [0, 0.05) is 13.1 Å². The van der Waals surface area contributed by atoms with Gasteiger partial charge < -0.3 is 24.8 Å². The Bertz CT molecular complexity index is 796. The minimum absolute atomic E-state index is 0.227. The lowest BCUT2D eigenvalue weighted by Gasteiger charge is -2.12. The van der Waals surface area contributed by atoms with Gasteiger partial charge in [-0.1, -0.05) is 12.1 Å². The molecule has 2 N–H and O–H groups in total. The van der Waals surface area contributed by atoms with Crippen molar-refractivity contribution in [2.24, 2.45) is 4.99 Å². The van der Waals surface area contributed by atoms with E-state index in [9.17, 15) is 4.39 Å². The van der Waals surface area contributed by atoms with E-state index < -0.39 is 5.82 Å². The highest BCUT2D eigenvalue weighted by Crippen LogP contribution is 2.32. The van der Waals surface area contributed by atoms with Crippen molar-refractivity contribution in [3.05, 3.63) is 53.3 Å². The molecule has 0 atom stereocenters. The molecule has 0 aliphatic carbocycles. The molecule has 0 radical (unpaired) electrons. The summed E-state index contributed by atoms with van der Waals surface area (Å²) < 4.78 is 29.4. The van der Waals surface area contributed by atoms with Gasteiger partial charge in [0.1, 0.15) is 0 Å². The second-order valence-electron chi connectivity index (χ2n) is 5.71. The molecule has 0 spiro atoms. The number of hydrogen-bond acceptors (Lipinski definition) is 4. The van der Waals surface area contributed by atoms with Gasteiger partial charge in [0.15, 0.2) is 29.0 Å².